The number of amides is 1. The number of quaternary nitrogens is 1. The maximum atomic E-state index is 12.2. The van der Waals surface area contributed by atoms with E-state index in [-0.39, 0.29) is 5.91 Å². The zero-order valence-electron chi connectivity index (χ0n) is 11.6. The van der Waals surface area contributed by atoms with Crippen LogP contribution in [0.1, 0.15) is 23.2 Å². The molecule has 2 aromatic rings. The average Bonchev–Trinajstić information content (AvgIpc) is 2.90. The van der Waals surface area contributed by atoms with E-state index in [0.717, 1.165) is 42.5 Å². The normalized spacial score (nSPS) is 19.1. The van der Waals surface area contributed by atoms with Crippen molar-refractivity contribution in [3.05, 3.63) is 36.0 Å². The van der Waals surface area contributed by atoms with Gasteiger partial charge in [0.05, 0.1) is 25.7 Å². The number of aromatic nitrogens is 1. The van der Waals surface area contributed by atoms with Crippen LogP contribution in [0.3, 0.4) is 0 Å². The second-order valence-electron chi connectivity index (χ2n) is 5.32. The van der Waals surface area contributed by atoms with Gasteiger partial charge in [0, 0.05) is 35.7 Å². The Labute approximate surface area is 117 Å². The van der Waals surface area contributed by atoms with Gasteiger partial charge in [0.25, 0.3) is 5.91 Å². The molecule has 0 aliphatic carbocycles. The number of benzene rings is 1. The van der Waals surface area contributed by atoms with Crippen LogP contribution in [0.15, 0.2) is 35.6 Å². The molecule has 1 aromatic carbocycles. The number of rotatable bonds is 2. The Hall–Kier alpha value is -2.14. The maximum Gasteiger partial charge on any atom is 0.273 e. The fourth-order valence-corrected chi connectivity index (χ4v) is 2.53. The number of piperidine rings is 1. The van der Waals surface area contributed by atoms with Crippen molar-refractivity contribution in [1.29, 1.82) is 0 Å². The first kappa shape index (κ1) is 12.9. The Kier molecular flexibility index (Phi) is 3.52. The first-order chi connectivity index (χ1) is 9.74. The molecule has 3 rings (SSSR count). The molecule has 0 atom stereocenters. The first-order valence-electron chi connectivity index (χ1n) is 6.97. The number of likely N-dealkylation sites (tertiary alicyclic amines) is 1. The van der Waals surface area contributed by atoms with Crippen molar-refractivity contribution in [3.8, 4) is 0 Å². The van der Waals surface area contributed by atoms with Crippen molar-refractivity contribution >= 4 is 22.5 Å². The summed E-state index contributed by atoms with van der Waals surface area (Å²) < 4.78 is 0. The molecule has 20 heavy (non-hydrogen) atoms. The molecule has 0 saturated carbocycles. The Morgan fingerprint density at radius 3 is 2.85 bits per heavy atom. The van der Waals surface area contributed by atoms with Gasteiger partial charge >= 0.3 is 0 Å². The van der Waals surface area contributed by atoms with E-state index in [1.54, 1.807) is 6.20 Å². The van der Waals surface area contributed by atoms with Crippen LogP contribution in [0.5, 0.6) is 0 Å². The number of fused-ring (bicyclic) bond motifs is 1. The third kappa shape index (κ3) is 2.58. The number of aromatic amines is 1. The molecule has 5 heteroatoms. The minimum absolute atomic E-state index is 0.152. The summed E-state index contributed by atoms with van der Waals surface area (Å²) in [5, 5.41) is 5.20. The van der Waals surface area contributed by atoms with E-state index in [1.807, 2.05) is 24.3 Å². The molecule has 1 aliphatic rings. The maximum absolute atomic E-state index is 12.2. The molecule has 1 aromatic heterocycles. The second kappa shape index (κ2) is 5.46. The quantitative estimate of drug-likeness (QED) is 0.687. The topological polar surface area (TPSA) is 61.7 Å². The number of hydrogen-bond acceptors (Lipinski definition) is 2. The molecule has 2 heterocycles. The summed E-state index contributed by atoms with van der Waals surface area (Å²) in [6, 6.07) is 7.77. The molecule has 1 fully saturated rings. The van der Waals surface area contributed by atoms with Gasteiger partial charge in [0.1, 0.15) is 0 Å². The molecule has 0 radical (unpaired) electrons. The lowest BCUT2D eigenvalue weighted by atomic mass is 10.1. The number of carbonyl (C=O) groups is 1. The number of para-hydroxylation sites is 1. The minimum atomic E-state index is -0.152. The molecule has 1 saturated heterocycles. The van der Waals surface area contributed by atoms with Gasteiger partial charge in [0.2, 0.25) is 0 Å². The Morgan fingerprint density at radius 1 is 1.30 bits per heavy atom. The van der Waals surface area contributed by atoms with Gasteiger partial charge in [-0.05, 0) is 6.07 Å². The van der Waals surface area contributed by atoms with Crippen molar-refractivity contribution in [2.45, 2.75) is 12.8 Å². The number of nitrogens with one attached hydrogen (secondary N) is 3. The number of nitrogens with zero attached hydrogens (tertiary/aromatic N) is 1. The molecule has 1 aliphatic heterocycles. The third-order valence-electron chi connectivity index (χ3n) is 3.83. The third-order valence-corrected chi connectivity index (χ3v) is 3.83. The van der Waals surface area contributed by atoms with Gasteiger partial charge < -0.3 is 9.88 Å². The molecule has 0 unspecified atom stereocenters. The van der Waals surface area contributed by atoms with Gasteiger partial charge in [0.15, 0.2) is 0 Å². The van der Waals surface area contributed by atoms with Gasteiger partial charge in [-0.15, -0.1) is 0 Å². The lowest BCUT2D eigenvalue weighted by Crippen LogP contribution is -3.10. The largest absolute Gasteiger partial charge is 0.360 e. The van der Waals surface area contributed by atoms with Gasteiger partial charge in [-0.3, -0.25) is 4.79 Å². The second-order valence-corrected chi connectivity index (χ2v) is 5.32. The number of H-pyrrole nitrogens is 1. The SMILES string of the molecule is C[NH+]1CCC(=NNC(=O)c2c[nH]c3ccccc23)CC1. The van der Waals surface area contributed by atoms with E-state index >= 15 is 0 Å². The Morgan fingerprint density at radius 2 is 2.05 bits per heavy atom. The predicted octanol–water partition coefficient (Wildman–Crippen LogP) is 0.562. The summed E-state index contributed by atoms with van der Waals surface area (Å²) in [6.07, 6.45) is 3.65. The van der Waals surface area contributed by atoms with Gasteiger partial charge in [-0.2, -0.15) is 5.10 Å². The van der Waals surface area contributed by atoms with E-state index in [0.29, 0.717) is 5.56 Å². The minimum Gasteiger partial charge on any atom is -0.360 e. The van der Waals surface area contributed by atoms with E-state index in [2.05, 4.69) is 22.6 Å². The summed E-state index contributed by atoms with van der Waals surface area (Å²) in [5.74, 6) is -0.152. The van der Waals surface area contributed by atoms with E-state index in [4.69, 9.17) is 0 Å². The molecule has 0 spiro atoms. The zero-order chi connectivity index (χ0) is 13.9. The van der Waals surface area contributed by atoms with E-state index in [1.165, 1.54) is 4.90 Å². The predicted molar refractivity (Wildman–Crippen MR) is 79.1 cm³/mol. The summed E-state index contributed by atoms with van der Waals surface area (Å²) >= 11 is 0. The van der Waals surface area contributed by atoms with E-state index in [9.17, 15) is 4.79 Å². The highest BCUT2D eigenvalue weighted by molar-refractivity contribution is 6.06. The van der Waals surface area contributed by atoms with Crippen molar-refractivity contribution in [3.63, 3.8) is 0 Å². The lowest BCUT2D eigenvalue weighted by molar-refractivity contribution is -0.880. The van der Waals surface area contributed by atoms with Crippen molar-refractivity contribution < 1.29 is 9.69 Å². The summed E-state index contributed by atoms with van der Waals surface area (Å²) in [4.78, 5) is 16.8. The van der Waals surface area contributed by atoms with Crippen LogP contribution >= 0.6 is 0 Å². The van der Waals surface area contributed by atoms with Crippen LogP contribution in [-0.2, 0) is 0 Å². The van der Waals surface area contributed by atoms with Gasteiger partial charge in [-0.25, -0.2) is 5.43 Å². The average molecular weight is 271 g/mol. The molecule has 1 amide bonds. The van der Waals surface area contributed by atoms with Crippen molar-refractivity contribution in [1.82, 2.24) is 10.4 Å². The summed E-state index contributed by atoms with van der Waals surface area (Å²) in [6.45, 7) is 2.17. The number of hydrogen-bond donors (Lipinski definition) is 3. The molecule has 0 bridgehead atoms. The van der Waals surface area contributed by atoms with Crippen molar-refractivity contribution in [2.24, 2.45) is 5.10 Å². The van der Waals surface area contributed by atoms with E-state index < -0.39 is 0 Å². The van der Waals surface area contributed by atoms with Crippen LogP contribution in [0.2, 0.25) is 0 Å². The Bertz CT molecular complexity index is 649. The zero-order valence-corrected chi connectivity index (χ0v) is 11.6. The monoisotopic (exact) mass is 271 g/mol. The molecule has 104 valence electrons. The van der Waals surface area contributed by atoms with Gasteiger partial charge in [-0.1, -0.05) is 18.2 Å². The van der Waals surface area contributed by atoms with Crippen molar-refractivity contribution in [2.75, 3.05) is 20.1 Å². The first-order valence-corrected chi connectivity index (χ1v) is 6.97. The van der Waals surface area contributed by atoms with Crippen LogP contribution in [0.4, 0.5) is 0 Å². The fraction of sp³-hybridized carbons (Fsp3) is 0.333. The highest BCUT2D eigenvalue weighted by Gasteiger charge is 2.15. The molecular weight excluding hydrogens is 252 g/mol. The summed E-state index contributed by atoms with van der Waals surface area (Å²) in [5.41, 5.74) is 5.38. The van der Waals surface area contributed by atoms with Crippen LogP contribution in [0.25, 0.3) is 10.9 Å². The lowest BCUT2D eigenvalue weighted by Gasteiger charge is -2.20. The highest BCUT2D eigenvalue weighted by Crippen LogP contribution is 2.17. The van der Waals surface area contributed by atoms with Crippen LogP contribution in [-0.4, -0.2) is 36.7 Å². The molecular formula is C15H19N4O+. The standard InChI is InChI=1S/C15H18N4O/c1-19-8-6-11(7-9-19)17-18-15(20)13-10-16-14-5-3-2-4-12(13)14/h2-5,10,16H,6-9H2,1H3,(H,18,20)/p+1. The molecule has 5 nitrogen and oxygen atoms in total. The van der Waals surface area contributed by atoms with Crippen LogP contribution < -0.4 is 10.3 Å². The van der Waals surface area contributed by atoms with Crippen LogP contribution in [0, 0.1) is 0 Å². The number of carbonyl (C=O) groups excluding carboxylic acids is 1. The summed E-state index contributed by atoms with van der Waals surface area (Å²) in [7, 11) is 2.18. The highest BCUT2D eigenvalue weighted by atomic mass is 16.2. The Balaban J connectivity index is 1.72. The smallest absolute Gasteiger partial charge is 0.273 e. The fourth-order valence-electron chi connectivity index (χ4n) is 2.53. The molecule has 3 N–H and O–H groups in total. The number of hydrazone groups is 1.